The van der Waals surface area contributed by atoms with Gasteiger partial charge in [-0.1, -0.05) is 41.9 Å². The van der Waals surface area contributed by atoms with Crippen molar-refractivity contribution in [1.29, 1.82) is 0 Å². The van der Waals surface area contributed by atoms with Crippen LogP contribution in [-0.4, -0.2) is 49.0 Å². The molecule has 0 atom stereocenters. The third-order valence-corrected chi connectivity index (χ3v) is 8.02. The number of carboxylic acids is 1. The number of benzene rings is 3. The molecule has 0 aliphatic carbocycles. The van der Waals surface area contributed by atoms with E-state index >= 15 is 0 Å². The average molecular weight is 570 g/mol. The fourth-order valence-corrected chi connectivity index (χ4v) is 5.34. The van der Waals surface area contributed by atoms with Crippen LogP contribution in [0.3, 0.4) is 0 Å². The number of aromatic nitrogens is 1. The summed E-state index contributed by atoms with van der Waals surface area (Å²) in [7, 11) is -2.81. The average Bonchev–Trinajstić information content (AvgIpc) is 3.29. The second-order valence-corrected chi connectivity index (χ2v) is 11.1. The number of hydrogen-bond acceptors (Lipinski definition) is 6. The van der Waals surface area contributed by atoms with Gasteiger partial charge in [0.15, 0.2) is 0 Å². The summed E-state index contributed by atoms with van der Waals surface area (Å²) < 4.78 is 40.3. The Morgan fingerprint density at radius 3 is 2.46 bits per heavy atom. The molecule has 204 valence electrons. The fraction of sp³-hybridized carbons (Fsp3) is 0.214. The monoisotopic (exact) mass is 569 g/mol. The second-order valence-electron chi connectivity index (χ2n) is 8.75. The van der Waals surface area contributed by atoms with Gasteiger partial charge in [0.2, 0.25) is 5.89 Å². The molecule has 0 aliphatic rings. The van der Waals surface area contributed by atoms with Gasteiger partial charge in [0, 0.05) is 30.6 Å². The van der Waals surface area contributed by atoms with Crippen LogP contribution in [0, 0.1) is 6.92 Å². The highest BCUT2D eigenvalue weighted by Gasteiger charge is 2.29. The van der Waals surface area contributed by atoms with E-state index in [9.17, 15) is 18.3 Å². The van der Waals surface area contributed by atoms with Gasteiger partial charge in [-0.05, 0) is 61.0 Å². The minimum Gasteiger partial charge on any atom is -0.493 e. The van der Waals surface area contributed by atoms with Crippen LogP contribution < -0.4 is 9.04 Å². The maximum atomic E-state index is 13.3. The van der Waals surface area contributed by atoms with Gasteiger partial charge >= 0.3 is 16.2 Å². The molecule has 4 aromatic rings. The minimum atomic E-state index is -4.17. The molecular formula is C28H28ClN3O6S. The zero-order chi connectivity index (χ0) is 28.0. The molecule has 0 radical (unpaired) electrons. The number of oxazole rings is 1. The lowest BCUT2D eigenvalue weighted by Crippen LogP contribution is -2.44. The Balaban J connectivity index is 1.43. The molecular weight excluding hydrogens is 542 g/mol. The van der Waals surface area contributed by atoms with Crippen molar-refractivity contribution in [2.24, 2.45) is 0 Å². The molecule has 4 rings (SSSR count). The van der Waals surface area contributed by atoms with Crippen molar-refractivity contribution in [3.63, 3.8) is 0 Å². The van der Waals surface area contributed by atoms with Gasteiger partial charge < -0.3 is 14.3 Å². The zero-order valence-corrected chi connectivity index (χ0v) is 23.0. The molecule has 0 fully saturated rings. The number of nitrogens with zero attached hydrogens (tertiary/aromatic N) is 3. The number of aliphatic carboxylic acids is 1. The normalized spacial score (nSPS) is 11.5. The molecule has 0 aliphatic heterocycles. The van der Waals surface area contributed by atoms with Crippen LogP contribution in [0.1, 0.15) is 17.0 Å². The van der Waals surface area contributed by atoms with Crippen molar-refractivity contribution in [2.45, 2.75) is 19.9 Å². The van der Waals surface area contributed by atoms with Gasteiger partial charge in [0.25, 0.3) is 0 Å². The topological polar surface area (TPSA) is 113 Å². The Labute approximate surface area is 232 Å². The number of carbonyl (C=O) groups is 1. The predicted octanol–water partition coefficient (Wildman–Crippen LogP) is 5.19. The van der Waals surface area contributed by atoms with E-state index in [1.54, 1.807) is 48.5 Å². The lowest BCUT2D eigenvalue weighted by molar-refractivity contribution is -0.137. The molecule has 0 saturated heterocycles. The highest BCUT2D eigenvalue weighted by Crippen LogP contribution is 2.24. The van der Waals surface area contributed by atoms with Crippen LogP contribution in [0.2, 0.25) is 5.02 Å². The van der Waals surface area contributed by atoms with Gasteiger partial charge in [-0.3, -0.25) is 9.10 Å². The SMILES string of the molecule is Cc1oc(-c2ccccc2)nc1CCOc1cccc(CN(CC(=O)O)S(=O)(=O)N(C)c2ccc(Cl)cc2)c1. The maximum absolute atomic E-state index is 13.3. The van der Waals surface area contributed by atoms with E-state index in [4.69, 9.17) is 20.8 Å². The summed E-state index contributed by atoms with van der Waals surface area (Å²) in [5.74, 6) is 0.517. The summed E-state index contributed by atoms with van der Waals surface area (Å²) in [6.07, 6.45) is 0.512. The number of carboxylic acid groups (broad SMARTS) is 1. The largest absolute Gasteiger partial charge is 0.493 e. The molecule has 0 saturated carbocycles. The molecule has 9 nitrogen and oxygen atoms in total. The molecule has 0 bridgehead atoms. The van der Waals surface area contributed by atoms with E-state index in [0.717, 1.165) is 19.9 Å². The molecule has 0 unspecified atom stereocenters. The van der Waals surface area contributed by atoms with Crippen molar-refractivity contribution in [3.8, 4) is 17.2 Å². The second kappa shape index (κ2) is 12.3. The lowest BCUT2D eigenvalue weighted by atomic mass is 10.2. The van der Waals surface area contributed by atoms with E-state index in [1.807, 2.05) is 37.3 Å². The van der Waals surface area contributed by atoms with E-state index in [2.05, 4.69) is 4.98 Å². The number of rotatable bonds is 12. The number of ether oxygens (including phenoxy) is 1. The molecule has 1 aromatic heterocycles. The highest BCUT2D eigenvalue weighted by molar-refractivity contribution is 7.90. The first kappa shape index (κ1) is 28.2. The summed E-state index contributed by atoms with van der Waals surface area (Å²) in [6.45, 7) is 1.31. The van der Waals surface area contributed by atoms with Gasteiger partial charge in [-0.25, -0.2) is 4.98 Å². The third-order valence-electron chi connectivity index (χ3n) is 5.95. The Morgan fingerprint density at radius 2 is 1.77 bits per heavy atom. The summed E-state index contributed by atoms with van der Waals surface area (Å²) in [6, 6.07) is 22.7. The van der Waals surface area contributed by atoms with Crippen molar-refractivity contribution in [3.05, 3.63) is 101 Å². The van der Waals surface area contributed by atoms with E-state index < -0.39 is 22.7 Å². The van der Waals surface area contributed by atoms with Crippen LogP contribution in [0.25, 0.3) is 11.5 Å². The molecule has 0 amide bonds. The van der Waals surface area contributed by atoms with Crippen LogP contribution in [-0.2, 0) is 28.0 Å². The summed E-state index contributed by atoms with van der Waals surface area (Å²) in [4.78, 5) is 16.1. The number of anilines is 1. The number of aryl methyl sites for hydroxylation is 1. The Bertz CT molecular complexity index is 1520. The molecule has 11 heteroatoms. The first-order chi connectivity index (χ1) is 18.6. The maximum Gasteiger partial charge on any atom is 0.318 e. The molecule has 0 spiro atoms. The number of halogens is 1. The standard InChI is InChI=1S/C28H28ClN3O6S/c1-20-26(30-28(38-20)22-8-4-3-5-9-22)15-16-37-25-10-6-7-21(17-25)18-32(19-27(33)34)39(35,36)31(2)24-13-11-23(29)12-14-24/h3-14,17H,15-16,18-19H2,1-2H3,(H,33,34). The van der Waals surface area contributed by atoms with Crippen molar-refractivity contribution in [1.82, 2.24) is 9.29 Å². The Hall–Kier alpha value is -3.86. The summed E-state index contributed by atoms with van der Waals surface area (Å²) >= 11 is 5.91. The van der Waals surface area contributed by atoms with E-state index in [1.165, 1.54) is 7.05 Å². The van der Waals surface area contributed by atoms with E-state index in [0.29, 0.717) is 46.7 Å². The molecule has 1 N–H and O–H groups in total. The summed E-state index contributed by atoms with van der Waals surface area (Å²) in [5.41, 5.74) is 2.60. The molecule has 39 heavy (non-hydrogen) atoms. The van der Waals surface area contributed by atoms with E-state index in [-0.39, 0.29) is 6.54 Å². The van der Waals surface area contributed by atoms with Crippen LogP contribution in [0.15, 0.2) is 83.3 Å². The van der Waals surface area contributed by atoms with Crippen molar-refractivity contribution >= 4 is 33.5 Å². The van der Waals surface area contributed by atoms with Gasteiger partial charge in [0.05, 0.1) is 18.0 Å². The van der Waals surface area contributed by atoms with Gasteiger partial charge in [-0.15, -0.1) is 0 Å². The Kier molecular flexibility index (Phi) is 8.90. The van der Waals surface area contributed by atoms with Gasteiger partial charge in [-0.2, -0.15) is 12.7 Å². The summed E-state index contributed by atoms with van der Waals surface area (Å²) in [5, 5.41) is 9.87. The Morgan fingerprint density at radius 1 is 1.05 bits per heavy atom. The first-order valence-electron chi connectivity index (χ1n) is 12.1. The fourth-order valence-electron chi connectivity index (χ4n) is 3.89. The zero-order valence-electron chi connectivity index (χ0n) is 21.5. The first-order valence-corrected chi connectivity index (χ1v) is 13.9. The van der Waals surface area contributed by atoms with Crippen LogP contribution in [0.4, 0.5) is 5.69 Å². The van der Waals surface area contributed by atoms with Crippen molar-refractivity contribution in [2.75, 3.05) is 24.5 Å². The lowest BCUT2D eigenvalue weighted by Gasteiger charge is -2.28. The van der Waals surface area contributed by atoms with Gasteiger partial charge in [0.1, 0.15) is 18.1 Å². The van der Waals surface area contributed by atoms with Crippen LogP contribution in [0.5, 0.6) is 5.75 Å². The quantitative estimate of drug-likeness (QED) is 0.250. The molecule has 1 heterocycles. The van der Waals surface area contributed by atoms with Crippen LogP contribution >= 0.6 is 11.6 Å². The van der Waals surface area contributed by atoms with Crippen molar-refractivity contribution < 1.29 is 27.5 Å². The highest BCUT2D eigenvalue weighted by atomic mass is 35.5. The number of hydrogen-bond donors (Lipinski definition) is 1. The minimum absolute atomic E-state index is 0.160. The third kappa shape index (κ3) is 7.17. The molecule has 3 aromatic carbocycles. The smallest absolute Gasteiger partial charge is 0.318 e. The predicted molar refractivity (Wildman–Crippen MR) is 149 cm³/mol.